The lowest BCUT2D eigenvalue weighted by Gasteiger charge is -2.53. The molecule has 0 saturated carbocycles. The Morgan fingerprint density at radius 3 is 1.32 bits per heavy atom. The molecule has 6 aliphatic heterocycles. The summed E-state index contributed by atoms with van der Waals surface area (Å²) in [5.74, 6) is -15.6. The predicted octanol–water partition coefficient (Wildman–Crippen LogP) is -17.5. The number of aliphatic carboxylic acids is 2. The summed E-state index contributed by atoms with van der Waals surface area (Å²) in [6.45, 7) is -5.34. The number of aliphatic hydroxyl groups excluding tert-OH is 21. The van der Waals surface area contributed by atoms with Crippen LogP contribution >= 0.6 is 0 Å². The first kappa shape index (κ1) is 88.9. The number of hydrogen-bond donors (Lipinski definition) is 28. The summed E-state index contributed by atoms with van der Waals surface area (Å²) < 4.78 is 70.5. The third-order valence-electron chi connectivity index (χ3n) is 18.2. The van der Waals surface area contributed by atoms with Crippen LogP contribution in [0.15, 0.2) is 0 Å². The Morgan fingerprint density at radius 1 is 0.429 bits per heavy atom. The van der Waals surface area contributed by atoms with Gasteiger partial charge in [0.2, 0.25) is 29.5 Å². The van der Waals surface area contributed by atoms with Crippen molar-refractivity contribution in [1.29, 1.82) is 0 Å². The average molecular weight is 1540 g/mol. The van der Waals surface area contributed by atoms with Gasteiger partial charge in [0, 0.05) is 47.5 Å². The van der Waals surface area contributed by atoms with Crippen molar-refractivity contribution < 1.29 is 208 Å². The molecule has 105 heavy (non-hydrogen) atoms. The van der Waals surface area contributed by atoms with Crippen molar-refractivity contribution in [2.75, 3.05) is 52.9 Å². The van der Waals surface area contributed by atoms with Crippen molar-refractivity contribution in [2.24, 2.45) is 0 Å². The van der Waals surface area contributed by atoms with E-state index in [9.17, 15) is 151 Å². The van der Waals surface area contributed by atoms with Gasteiger partial charge in [-0.3, -0.25) is 24.0 Å². The van der Waals surface area contributed by atoms with Crippen LogP contribution in [0.4, 0.5) is 0 Å². The molecule has 0 spiro atoms. The van der Waals surface area contributed by atoms with Crippen LogP contribution in [-0.2, 0) is 90.4 Å². The van der Waals surface area contributed by atoms with Gasteiger partial charge in [-0.1, -0.05) is 0 Å². The Balaban J connectivity index is 1.34. The highest BCUT2D eigenvalue weighted by Gasteiger charge is 2.63. The van der Waals surface area contributed by atoms with Crippen LogP contribution in [0.2, 0.25) is 0 Å². The number of carbonyl (C=O) groups is 7. The van der Waals surface area contributed by atoms with Gasteiger partial charge in [-0.05, 0) is 0 Å². The monoisotopic (exact) mass is 1540 g/mol. The molecule has 0 aromatic rings. The standard InChI is InChI=1S/C58H97N5O42/c1-16(71)59-21(8-64)44(37(83)26(80)15-94-57(55(90)91)6-22(76)31(60-17(2)72)47(103-57)35(81)24(78)9-65)99-53-42(88)41(87)45(29(13-69)98-53)100-54-43(89)50(39(85)28(12-68)96-54)102-52-34(63-20(5)75)49(46(30(14-70)97-52)101-51-33(62-19(4)74)40(86)38(84)27(11-67)95-51)105-58(56(92)93)7-23(77)32(61-18(3)73)48(104-58)36(82)25(79)10-66/h21-54,64-70,76-89H,6-15H2,1-5H3,(H,59,71)(H,60,72)(H,61,73)(H,62,74)(H,63,75)(H,90,91)(H,92,93)/t21-,22-,23-,24+,25+,26+,27+,28+,29+,30+,31+,32+,33+,34+,35+,36+,37-,38-,39-,40+,41+,42+,43+,44+,45-,46-,47+,48+,49+,50-,51-,52-,53-,54-,57+,58-/m0/s1. The number of hydrogen-bond acceptors (Lipinski definition) is 40. The number of aliphatic hydroxyl groups is 21. The van der Waals surface area contributed by atoms with Crippen LogP contribution in [0.3, 0.4) is 0 Å². The molecule has 0 bridgehead atoms. The van der Waals surface area contributed by atoms with Crippen LogP contribution in [0.5, 0.6) is 0 Å². The lowest BCUT2D eigenvalue weighted by atomic mass is 9.87. The van der Waals surface area contributed by atoms with E-state index < -0.39 is 327 Å². The van der Waals surface area contributed by atoms with E-state index in [1.807, 2.05) is 0 Å². The van der Waals surface area contributed by atoms with Crippen molar-refractivity contribution in [3.8, 4) is 0 Å². The quantitative estimate of drug-likeness (QED) is 0.0284. The highest BCUT2D eigenvalue weighted by atomic mass is 16.8. The molecule has 6 aliphatic rings. The summed E-state index contributed by atoms with van der Waals surface area (Å²) in [7, 11) is 0. The van der Waals surface area contributed by atoms with Crippen LogP contribution < -0.4 is 26.6 Å². The second-order valence-electron chi connectivity index (χ2n) is 25.9. The van der Waals surface area contributed by atoms with Crippen molar-refractivity contribution in [3.05, 3.63) is 0 Å². The number of carboxylic acid groups (broad SMARTS) is 2. The van der Waals surface area contributed by atoms with Gasteiger partial charge in [-0.25, -0.2) is 9.59 Å². The minimum Gasteiger partial charge on any atom is -0.477 e. The highest BCUT2D eigenvalue weighted by molar-refractivity contribution is 5.78. The maximum atomic E-state index is 13.8. The summed E-state index contributed by atoms with van der Waals surface area (Å²) in [6.07, 6.45) is -67.5. The molecule has 0 aromatic heterocycles. The zero-order valence-electron chi connectivity index (χ0n) is 56.7. The molecule has 6 heterocycles. The largest absolute Gasteiger partial charge is 0.477 e. The van der Waals surface area contributed by atoms with E-state index in [2.05, 4.69) is 26.6 Å². The van der Waals surface area contributed by atoms with Crippen LogP contribution in [-0.4, -0.2) is 431 Å². The number of carboxylic acids is 2. The molecular formula is C58H97N5O42. The Labute approximate surface area is 594 Å². The summed E-state index contributed by atoms with van der Waals surface area (Å²) >= 11 is 0. The Kier molecular flexibility index (Phi) is 32.6. The van der Waals surface area contributed by atoms with E-state index in [0.29, 0.717) is 0 Å². The lowest BCUT2D eigenvalue weighted by Crippen LogP contribution is -2.73. The molecule has 0 unspecified atom stereocenters. The zero-order chi connectivity index (χ0) is 78.8. The van der Waals surface area contributed by atoms with Crippen LogP contribution in [0, 0.1) is 0 Å². The van der Waals surface area contributed by atoms with Gasteiger partial charge in [0.1, 0.15) is 152 Å². The summed E-state index contributed by atoms with van der Waals surface area (Å²) in [6, 6.07) is -9.50. The zero-order valence-corrected chi connectivity index (χ0v) is 56.7. The molecule has 0 aliphatic carbocycles. The van der Waals surface area contributed by atoms with Crippen molar-refractivity contribution >= 4 is 41.5 Å². The Hall–Kier alpha value is -5.03. The van der Waals surface area contributed by atoms with Gasteiger partial charge in [-0.15, -0.1) is 0 Å². The number of carbonyl (C=O) groups excluding carboxylic acids is 5. The first-order valence-electron chi connectivity index (χ1n) is 32.8. The first-order chi connectivity index (χ1) is 49.2. The van der Waals surface area contributed by atoms with Crippen molar-refractivity contribution in [3.63, 3.8) is 0 Å². The van der Waals surface area contributed by atoms with Gasteiger partial charge in [0.05, 0.1) is 83.2 Å². The van der Waals surface area contributed by atoms with Crippen molar-refractivity contribution in [2.45, 2.75) is 267 Å². The van der Waals surface area contributed by atoms with E-state index in [-0.39, 0.29) is 0 Å². The van der Waals surface area contributed by atoms with E-state index in [1.165, 1.54) is 0 Å². The lowest BCUT2D eigenvalue weighted by molar-refractivity contribution is -0.394. The normalized spacial score (nSPS) is 40.4. The minimum absolute atomic E-state index is 0.834. The third-order valence-corrected chi connectivity index (χ3v) is 18.2. The maximum Gasteiger partial charge on any atom is 0.364 e. The Bertz CT molecular complexity index is 2850. The SMILES string of the molecule is CC(=O)N[C@H]1[C@H](O[C@@H]2[C@H](O[C@]3(C(=O)O)C[C@H](O)[C@@H](NC(C)=O)[C@H]([C@H](O)[C@H](O)CO)O3)[C@@H](NC(C)=O)[C@H](O[C@H]3[C@@H](O)[C@@H](CO)O[C@@H](O[C@@H]4[C@H](O)[C@@H](O)[C@H](O[C@@H]([C@@H](O)[C@H](O)CO[C@]5(C(=O)O)C[C@H](O)[C@@H](NC(C)=O)[C@H]([C@H](O)[C@H](O)CO)O5)[C@H](CO)NC(C)=O)O[C@@H]4CO)[C@@H]3O)O[C@@H]2CO)O[C@H](CO)[C@H](O)[C@@H]1O. The van der Waals surface area contributed by atoms with E-state index in [0.717, 1.165) is 34.6 Å². The predicted molar refractivity (Wildman–Crippen MR) is 326 cm³/mol. The van der Waals surface area contributed by atoms with Crippen LogP contribution in [0.25, 0.3) is 0 Å². The van der Waals surface area contributed by atoms with Gasteiger partial charge < -0.3 is 201 Å². The number of nitrogens with one attached hydrogen (secondary N) is 5. The number of ether oxygens (including phenoxy) is 12. The summed E-state index contributed by atoms with van der Waals surface area (Å²) in [5, 5.41) is 264. The maximum absolute atomic E-state index is 13.8. The van der Waals surface area contributed by atoms with E-state index >= 15 is 0 Å². The summed E-state index contributed by atoms with van der Waals surface area (Å²) in [4.78, 5) is 89.7. The Morgan fingerprint density at radius 2 is 0.848 bits per heavy atom. The second kappa shape index (κ2) is 38.6. The summed E-state index contributed by atoms with van der Waals surface area (Å²) in [5.41, 5.74) is 0. The molecule has 5 amide bonds. The third kappa shape index (κ3) is 20.7. The molecule has 0 radical (unpaired) electrons. The van der Waals surface area contributed by atoms with Crippen LogP contribution in [0.1, 0.15) is 47.5 Å². The fourth-order valence-electron chi connectivity index (χ4n) is 12.9. The molecule has 47 heteroatoms. The molecule has 36 atom stereocenters. The molecule has 606 valence electrons. The van der Waals surface area contributed by atoms with Gasteiger partial charge >= 0.3 is 11.9 Å². The number of amides is 5. The fourth-order valence-corrected chi connectivity index (χ4v) is 12.9. The first-order valence-corrected chi connectivity index (χ1v) is 32.8. The number of rotatable bonds is 34. The highest BCUT2D eigenvalue weighted by Crippen LogP contribution is 2.42. The van der Waals surface area contributed by atoms with E-state index in [1.54, 1.807) is 0 Å². The molecular weight excluding hydrogens is 1440 g/mol. The van der Waals surface area contributed by atoms with Gasteiger partial charge in [0.15, 0.2) is 25.2 Å². The minimum atomic E-state index is -3.45. The van der Waals surface area contributed by atoms with Crippen molar-refractivity contribution in [1.82, 2.24) is 26.6 Å². The van der Waals surface area contributed by atoms with Gasteiger partial charge in [0.25, 0.3) is 11.6 Å². The second-order valence-corrected chi connectivity index (χ2v) is 25.9. The topological polar surface area (TPSA) is 756 Å². The molecule has 28 N–H and O–H groups in total. The fraction of sp³-hybridized carbons (Fsp3) is 0.879. The molecule has 6 rings (SSSR count). The molecule has 47 nitrogen and oxygen atoms in total. The average Bonchev–Trinajstić information content (AvgIpc) is 0.748. The molecule has 0 aromatic carbocycles. The molecule has 6 saturated heterocycles. The molecule has 6 fully saturated rings. The smallest absolute Gasteiger partial charge is 0.364 e. The van der Waals surface area contributed by atoms with E-state index in [4.69, 9.17) is 56.8 Å². The van der Waals surface area contributed by atoms with Gasteiger partial charge in [-0.2, -0.15) is 0 Å².